The van der Waals surface area contributed by atoms with Gasteiger partial charge < -0.3 is 10.1 Å². The van der Waals surface area contributed by atoms with E-state index in [0.29, 0.717) is 25.3 Å². The molecule has 1 N–H and O–H groups in total. The van der Waals surface area contributed by atoms with Gasteiger partial charge in [-0.25, -0.2) is 0 Å². The smallest absolute Gasteiger partial charge is 0.253 e. The van der Waals surface area contributed by atoms with Crippen molar-refractivity contribution in [1.82, 2.24) is 10.3 Å². The molecular formula is C23H26N2O2. The topological polar surface area (TPSA) is 51.2 Å². The number of nitrogens with one attached hydrogen (secondary N) is 1. The lowest BCUT2D eigenvalue weighted by molar-refractivity contribution is 0.0941. The molecule has 0 saturated carbocycles. The van der Waals surface area contributed by atoms with Gasteiger partial charge in [-0.2, -0.15) is 0 Å². The van der Waals surface area contributed by atoms with Crippen LogP contribution in [0.3, 0.4) is 0 Å². The number of rotatable bonds is 8. The van der Waals surface area contributed by atoms with Crippen molar-refractivity contribution in [3.8, 4) is 0 Å². The third kappa shape index (κ3) is 5.38. The number of ether oxygens (including phenoxy) is 1. The second-order valence-corrected chi connectivity index (χ2v) is 6.77. The van der Waals surface area contributed by atoms with E-state index < -0.39 is 0 Å². The van der Waals surface area contributed by atoms with Crippen LogP contribution in [0.4, 0.5) is 0 Å². The number of amides is 1. The molecule has 0 radical (unpaired) electrons. The van der Waals surface area contributed by atoms with Crippen molar-refractivity contribution in [3.05, 3.63) is 77.0 Å². The van der Waals surface area contributed by atoms with E-state index in [0.717, 1.165) is 29.4 Å². The lowest BCUT2D eigenvalue weighted by Crippen LogP contribution is -2.26. The fraction of sp³-hybridized carbons (Fsp3) is 0.304. The van der Waals surface area contributed by atoms with E-state index in [1.807, 2.05) is 56.3 Å². The molecule has 4 heteroatoms. The van der Waals surface area contributed by atoms with E-state index in [-0.39, 0.29) is 5.91 Å². The highest BCUT2D eigenvalue weighted by molar-refractivity contribution is 5.98. The Morgan fingerprint density at radius 2 is 1.85 bits per heavy atom. The molecule has 27 heavy (non-hydrogen) atoms. The van der Waals surface area contributed by atoms with E-state index in [1.165, 1.54) is 11.1 Å². The Kier molecular flexibility index (Phi) is 6.55. The number of carbonyl (C=O) groups is 1. The first-order valence-electron chi connectivity index (χ1n) is 9.41. The summed E-state index contributed by atoms with van der Waals surface area (Å²) in [6.07, 6.45) is 1.70. The largest absolute Gasteiger partial charge is 0.381 e. The van der Waals surface area contributed by atoms with Gasteiger partial charge >= 0.3 is 0 Å². The maximum atomic E-state index is 12.5. The van der Waals surface area contributed by atoms with Gasteiger partial charge in [0, 0.05) is 18.5 Å². The molecule has 3 aromatic rings. The van der Waals surface area contributed by atoms with Crippen LogP contribution in [0, 0.1) is 13.8 Å². The molecular weight excluding hydrogens is 336 g/mol. The zero-order chi connectivity index (χ0) is 19.1. The SMILES string of the molecule is Cc1ccc2cc(C(=O)NCCCOCCc3ccccc3)c(C)nc2c1. The van der Waals surface area contributed by atoms with Crippen LogP contribution >= 0.6 is 0 Å². The van der Waals surface area contributed by atoms with Crippen molar-refractivity contribution in [2.75, 3.05) is 19.8 Å². The van der Waals surface area contributed by atoms with Crippen molar-refractivity contribution < 1.29 is 9.53 Å². The van der Waals surface area contributed by atoms with Crippen molar-refractivity contribution in [2.24, 2.45) is 0 Å². The van der Waals surface area contributed by atoms with Gasteiger partial charge in [0.2, 0.25) is 0 Å². The molecule has 140 valence electrons. The summed E-state index contributed by atoms with van der Waals surface area (Å²) in [5.41, 5.74) is 4.76. The zero-order valence-corrected chi connectivity index (χ0v) is 16.0. The Bertz CT molecular complexity index is 907. The number of nitrogens with zero attached hydrogens (tertiary/aromatic N) is 1. The van der Waals surface area contributed by atoms with E-state index in [1.54, 1.807) is 0 Å². The van der Waals surface area contributed by atoms with Crippen molar-refractivity contribution >= 4 is 16.8 Å². The molecule has 0 aliphatic rings. The fourth-order valence-electron chi connectivity index (χ4n) is 3.01. The van der Waals surface area contributed by atoms with Crippen LogP contribution in [0.1, 0.15) is 33.6 Å². The third-order valence-corrected chi connectivity index (χ3v) is 4.54. The number of pyridine rings is 1. The van der Waals surface area contributed by atoms with Crippen LogP contribution in [0.5, 0.6) is 0 Å². The van der Waals surface area contributed by atoms with Crippen molar-refractivity contribution in [1.29, 1.82) is 0 Å². The fourth-order valence-corrected chi connectivity index (χ4v) is 3.01. The number of carbonyl (C=O) groups excluding carboxylic acids is 1. The van der Waals surface area contributed by atoms with Gasteiger partial charge in [0.1, 0.15) is 0 Å². The van der Waals surface area contributed by atoms with Gasteiger partial charge in [0.25, 0.3) is 5.91 Å². The quantitative estimate of drug-likeness (QED) is 0.610. The molecule has 0 bridgehead atoms. The Morgan fingerprint density at radius 3 is 2.67 bits per heavy atom. The molecule has 1 amide bonds. The molecule has 0 fully saturated rings. The number of hydrogen-bond acceptors (Lipinski definition) is 3. The van der Waals surface area contributed by atoms with Gasteiger partial charge in [-0.3, -0.25) is 9.78 Å². The first-order valence-corrected chi connectivity index (χ1v) is 9.41. The molecule has 2 aromatic carbocycles. The summed E-state index contributed by atoms with van der Waals surface area (Å²) < 4.78 is 5.65. The molecule has 0 aliphatic carbocycles. The molecule has 3 rings (SSSR count). The minimum Gasteiger partial charge on any atom is -0.381 e. The summed E-state index contributed by atoms with van der Waals surface area (Å²) >= 11 is 0. The Balaban J connectivity index is 1.42. The monoisotopic (exact) mass is 362 g/mol. The lowest BCUT2D eigenvalue weighted by atomic mass is 10.1. The highest BCUT2D eigenvalue weighted by atomic mass is 16.5. The molecule has 0 aliphatic heterocycles. The molecule has 4 nitrogen and oxygen atoms in total. The minimum atomic E-state index is -0.0771. The van der Waals surface area contributed by atoms with E-state index in [2.05, 4.69) is 22.4 Å². The summed E-state index contributed by atoms with van der Waals surface area (Å²) in [5, 5.41) is 3.95. The molecule has 0 unspecified atom stereocenters. The molecule has 0 atom stereocenters. The summed E-state index contributed by atoms with van der Waals surface area (Å²) in [7, 11) is 0. The van der Waals surface area contributed by atoms with E-state index in [9.17, 15) is 4.79 Å². The number of fused-ring (bicyclic) bond motifs is 1. The van der Waals surface area contributed by atoms with Crippen molar-refractivity contribution in [2.45, 2.75) is 26.7 Å². The number of hydrogen-bond donors (Lipinski definition) is 1. The average Bonchev–Trinajstić information content (AvgIpc) is 2.67. The van der Waals surface area contributed by atoms with Gasteiger partial charge in [0.15, 0.2) is 0 Å². The summed E-state index contributed by atoms with van der Waals surface area (Å²) in [6, 6.07) is 18.3. The second-order valence-electron chi connectivity index (χ2n) is 6.77. The Hall–Kier alpha value is -2.72. The van der Waals surface area contributed by atoms with Crippen LogP contribution in [0.25, 0.3) is 10.9 Å². The van der Waals surface area contributed by atoms with E-state index in [4.69, 9.17) is 4.74 Å². The molecule has 1 aromatic heterocycles. The Labute approximate surface area is 160 Å². The van der Waals surface area contributed by atoms with E-state index >= 15 is 0 Å². The van der Waals surface area contributed by atoms with Crippen LogP contribution in [-0.2, 0) is 11.2 Å². The number of aryl methyl sites for hydroxylation is 2. The first kappa shape index (κ1) is 19.1. The van der Waals surface area contributed by atoms with Crippen LogP contribution in [0.2, 0.25) is 0 Å². The number of benzene rings is 2. The predicted octanol–water partition coefficient (Wildman–Crippen LogP) is 4.23. The summed E-state index contributed by atoms with van der Waals surface area (Å²) in [5.74, 6) is -0.0771. The van der Waals surface area contributed by atoms with Gasteiger partial charge in [-0.15, -0.1) is 0 Å². The summed E-state index contributed by atoms with van der Waals surface area (Å²) in [6.45, 7) is 5.85. The second kappa shape index (κ2) is 9.28. The number of aromatic nitrogens is 1. The maximum absolute atomic E-state index is 12.5. The zero-order valence-electron chi connectivity index (χ0n) is 16.0. The third-order valence-electron chi connectivity index (χ3n) is 4.54. The lowest BCUT2D eigenvalue weighted by Gasteiger charge is -2.09. The minimum absolute atomic E-state index is 0.0771. The predicted molar refractivity (Wildman–Crippen MR) is 109 cm³/mol. The van der Waals surface area contributed by atoms with Crippen LogP contribution in [0.15, 0.2) is 54.6 Å². The first-order chi connectivity index (χ1) is 13.1. The highest BCUT2D eigenvalue weighted by Gasteiger charge is 2.11. The van der Waals surface area contributed by atoms with Gasteiger partial charge in [-0.05, 0) is 49.9 Å². The van der Waals surface area contributed by atoms with Gasteiger partial charge in [-0.1, -0.05) is 42.5 Å². The van der Waals surface area contributed by atoms with Crippen molar-refractivity contribution in [3.63, 3.8) is 0 Å². The maximum Gasteiger partial charge on any atom is 0.253 e. The Morgan fingerprint density at radius 1 is 1.04 bits per heavy atom. The molecule has 0 saturated heterocycles. The molecule has 0 spiro atoms. The van der Waals surface area contributed by atoms with Crippen LogP contribution < -0.4 is 5.32 Å². The van der Waals surface area contributed by atoms with Gasteiger partial charge in [0.05, 0.1) is 23.4 Å². The average molecular weight is 362 g/mol. The van der Waals surface area contributed by atoms with Crippen LogP contribution in [-0.4, -0.2) is 30.6 Å². The highest BCUT2D eigenvalue weighted by Crippen LogP contribution is 2.18. The standard InChI is InChI=1S/C23H26N2O2/c1-17-9-10-20-16-21(18(2)25-22(20)15-17)23(26)24-12-6-13-27-14-11-19-7-4-3-5-8-19/h3-5,7-10,15-16H,6,11-14H2,1-2H3,(H,24,26). The normalized spacial score (nSPS) is 10.9. The molecule has 1 heterocycles. The summed E-state index contributed by atoms with van der Waals surface area (Å²) in [4.78, 5) is 17.0.